The molecule has 4 nitrogen and oxygen atoms in total. The van der Waals surface area contributed by atoms with Gasteiger partial charge in [-0.1, -0.05) is 85.1 Å². The SMILES string of the molecule is CCCCCC(CCC)COC(=O)c1cccc(C(=O)OCCCCCCC(C)C)c1. The first-order valence-corrected chi connectivity index (χ1v) is 12.4. The van der Waals surface area contributed by atoms with E-state index in [9.17, 15) is 9.59 Å². The fourth-order valence-electron chi connectivity index (χ4n) is 3.71. The Kier molecular flexibility index (Phi) is 14.7. The molecule has 1 atom stereocenters. The van der Waals surface area contributed by atoms with Gasteiger partial charge in [-0.3, -0.25) is 0 Å². The monoisotopic (exact) mass is 432 g/mol. The zero-order valence-corrected chi connectivity index (χ0v) is 20.3. The third-order valence-corrected chi connectivity index (χ3v) is 5.61. The van der Waals surface area contributed by atoms with Crippen LogP contribution in [0.1, 0.15) is 119 Å². The number of carbonyl (C=O) groups is 2. The lowest BCUT2D eigenvalue weighted by Crippen LogP contribution is -2.15. The second-order valence-corrected chi connectivity index (χ2v) is 9.06. The highest BCUT2D eigenvalue weighted by molar-refractivity contribution is 5.95. The van der Waals surface area contributed by atoms with Crippen molar-refractivity contribution in [1.82, 2.24) is 0 Å². The molecule has 1 unspecified atom stereocenters. The summed E-state index contributed by atoms with van der Waals surface area (Å²) in [4.78, 5) is 24.8. The Hall–Kier alpha value is -1.84. The molecule has 31 heavy (non-hydrogen) atoms. The van der Waals surface area contributed by atoms with Crippen molar-refractivity contribution in [3.63, 3.8) is 0 Å². The van der Waals surface area contributed by atoms with Gasteiger partial charge in [-0.25, -0.2) is 9.59 Å². The van der Waals surface area contributed by atoms with E-state index >= 15 is 0 Å². The van der Waals surface area contributed by atoms with Crippen molar-refractivity contribution < 1.29 is 19.1 Å². The molecule has 1 rings (SSSR count). The summed E-state index contributed by atoms with van der Waals surface area (Å²) in [5.74, 6) is 0.418. The predicted octanol–water partition coefficient (Wildman–Crippen LogP) is 7.60. The normalized spacial score (nSPS) is 12.0. The molecule has 0 spiro atoms. The summed E-state index contributed by atoms with van der Waals surface area (Å²) in [6.07, 6.45) is 12.5. The maximum atomic E-state index is 12.5. The maximum absolute atomic E-state index is 12.5. The standard InChI is InChI=1S/C27H44O4/c1-5-7-10-16-23(14-6-2)21-31-27(29)25-18-13-17-24(20-25)26(28)30-19-12-9-8-11-15-22(3)4/h13,17-18,20,22-23H,5-12,14-16,19,21H2,1-4H3. The number of unbranched alkanes of at least 4 members (excludes halogenated alkanes) is 5. The molecule has 0 heterocycles. The smallest absolute Gasteiger partial charge is 0.338 e. The summed E-state index contributed by atoms with van der Waals surface area (Å²) in [6, 6.07) is 6.68. The van der Waals surface area contributed by atoms with Crippen molar-refractivity contribution in [3.05, 3.63) is 35.4 Å². The van der Waals surface area contributed by atoms with Gasteiger partial charge in [0.1, 0.15) is 0 Å². The van der Waals surface area contributed by atoms with Crippen molar-refractivity contribution in [1.29, 1.82) is 0 Å². The first-order chi connectivity index (χ1) is 15.0. The molecule has 0 N–H and O–H groups in total. The van der Waals surface area contributed by atoms with Crippen LogP contribution in [-0.2, 0) is 9.47 Å². The van der Waals surface area contributed by atoms with Gasteiger partial charge in [-0.05, 0) is 49.3 Å². The van der Waals surface area contributed by atoms with Crippen molar-refractivity contribution in [2.45, 2.75) is 98.3 Å². The number of benzene rings is 1. The Morgan fingerprint density at radius 2 is 1.42 bits per heavy atom. The summed E-state index contributed by atoms with van der Waals surface area (Å²) in [5.41, 5.74) is 0.814. The summed E-state index contributed by atoms with van der Waals surface area (Å²) in [6.45, 7) is 9.70. The van der Waals surface area contributed by atoms with E-state index in [0.717, 1.165) is 38.0 Å². The van der Waals surface area contributed by atoms with E-state index in [4.69, 9.17) is 9.47 Å². The summed E-state index contributed by atoms with van der Waals surface area (Å²) in [5, 5.41) is 0. The van der Waals surface area contributed by atoms with Crippen LogP contribution in [0.3, 0.4) is 0 Å². The molecule has 0 aliphatic carbocycles. The first kappa shape index (κ1) is 27.2. The minimum Gasteiger partial charge on any atom is -0.462 e. The number of esters is 2. The summed E-state index contributed by atoms with van der Waals surface area (Å²) >= 11 is 0. The van der Waals surface area contributed by atoms with E-state index in [1.54, 1.807) is 24.3 Å². The molecule has 0 saturated heterocycles. The predicted molar refractivity (Wildman–Crippen MR) is 127 cm³/mol. The molecule has 4 heteroatoms. The Morgan fingerprint density at radius 1 is 0.774 bits per heavy atom. The van der Waals surface area contributed by atoms with Gasteiger partial charge >= 0.3 is 11.9 Å². The molecule has 0 fully saturated rings. The highest BCUT2D eigenvalue weighted by Crippen LogP contribution is 2.17. The number of hydrogen-bond acceptors (Lipinski definition) is 4. The fraction of sp³-hybridized carbons (Fsp3) is 0.704. The summed E-state index contributed by atoms with van der Waals surface area (Å²) in [7, 11) is 0. The van der Waals surface area contributed by atoms with E-state index in [1.165, 1.54) is 38.5 Å². The second kappa shape index (κ2) is 16.8. The summed E-state index contributed by atoms with van der Waals surface area (Å²) < 4.78 is 11.0. The molecular formula is C27H44O4. The van der Waals surface area contributed by atoms with Gasteiger partial charge in [0.25, 0.3) is 0 Å². The Labute approximate surface area is 190 Å². The van der Waals surface area contributed by atoms with Crippen LogP contribution < -0.4 is 0 Å². The average molecular weight is 433 g/mol. The van der Waals surface area contributed by atoms with Gasteiger partial charge in [0.05, 0.1) is 24.3 Å². The Balaban J connectivity index is 2.42. The molecule has 0 aliphatic rings. The molecule has 0 aromatic heterocycles. The lowest BCUT2D eigenvalue weighted by atomic mass is 9.97. The third-order valence-electron chi connectivity index (χ3n) is 5.61. The molecule has 176 valence electrons. The molecular weight excluding hydrogens is 388 g/mol. The Morgan fingerprint density at radius 3 is 2.06 bits per heavy atom. The molecule has 0 bridgehead atoms. The third kappa shape index (κ3) is 12.6. The fourth-order valence-corrected chi connectivity index (χ4v) is 3.71. The van der Waals surface area contributed by atoms with Crippen LogP contribution in [0.2, 0.25) is 0 Å². The Bertz CT molecular complexity index is 623. The molecule has 0 amide bonds. The van der Waals surface area contributed by atoms with Crippen molar-refractivity contribution in [3.8, 4) is 0 Å². The van der Waals surface area contributed by atoms with Gasteiger partial charge < -0.3 is 9.47 Å². The number of ether oxygens (including phenoxy) is 2. The van der Waals surface area contributed by atoms with Crippen LogP contribution in [0.15, 0.2) is 24.3 Å². The quantitative estimate of drug-likeness (QED) is 0.188. The van der Waals surface area contributed by atoms with Gasteiger partial charge in [0, 0.05) is 0 Å². The first-order valence-electron chi connectivity index (χ1n) is 12.4. The van der Waals surface area contributed by atoms with Gasteiger partial charge in [-0.2, -0.15) is 0 Å². The van der Waals surface area contributed by atoms with E-state index in [0.29, 0.717) is 30.3 Å². The van der Waals surface area contributed by atoms with Gasteiger partial charge in [0.15, 0.2) is 0 Å². The topological polar surface area (TPSA) is 52.6 Å². The van der Waals surface area contributed by atoms with Crippen LogP contribution in [0, 0.1) is 11.8 Å². The molecule has 0 radical (unpaired) electrons. The number of hydrogen-bond donors (Lipinski definition) is 0. The van der Waals surface area contributed by atoms with Crippen LogP contribution in [-0.4, -0.2) is 25.2 Å². The van der Waals surface area contributed by atoms with Crippen molar-refractivity contribution in [2.75, 3.05) is 13.2 Å². The van der Waals surface area contributed by atoms with E-state index in [2.05, 4.69) is 27.7 Å². The van der Waals surface area contributed by atoms with E-state index in [1.807, 2.05) is 0 Å². The van der Waals surface area contributed by atoms with Gasteiger partial charge in [0.2, 0.25) is 0 Å². The van der Waals surface area contributed by atoms with Gasteiger partial charge in [-0.15, -0.1) is 0 Å². The van der Waals surface area contributed by atoms with Crippen LogP contribution >= 0.6 is 0 Å². The maximum Gasteiger partial charge on any atom is 0.338 e. The average Bonchev–Trinajstić information content (AvgIpc) is 2.76. The molecule has 0 saturated carbocycles. The second-order valence-electron chi connectivity index (χ2n) is 9.06. The van der Waals surface area contributed by atoms with Crippen LogP contribution in [0.4, 0.5) is 0 Å². The molecule has 1 aromatic carbocycles. The zero-order valence-electron chi connectivity index (χ0n) is 20.3. The van der Waals surface area contributed by atoms with Crippen LogP contribution in [0.25, 0.3) is 0 Å². The van der Waals surface area contributed by atoms with E-state index in [-0.39, 0.29) is 11.9 Å². The number of rotatable bonds is 17. The van der Waals surface area contributed by atoms with Crippen molar-refractivity contribution >= 4 is 11.9 Å². The molecule has 0 aliphatic heterocycles. The lowest BCUT2D eigenvalue weighted by Gasteiger charge is -2.16. The largest absolute Gasteiger partial charge is 0.462 e. The zero-order chi connectivity index (χ0) is 22.9. The minimum absolute atomic E-state index is 0.364. The van der Waals surface area contributed by atoms with E-state index < -0.39 is 0 Å². The highest BCUT2D eigenvalue weighted by Gasteiger charge is 2.15. The van der Waals surface area contributed by atoms with Crippen molar-refractivity contribution in [2.24, 2.45) is 11.8 Å². The minimum atomic E-state index is -0.375. The lowest BCUT2D eigenvalue weighted by molar-refractivity contribution is 0.0423. The number of carbonyl (C=O) groups excluding carboxylic acids is 2. The van der Waals surface area contributed by atoms with Crippen LogP contribution in [0.5, 0.6) is 0 Å². The molecule has 1 aromatic rings. The highest BCUT2D eigenvalue weighted by atomic mass is 16.5.